The molecule has 0 bridgehead atoms. The highest BCUT2D eigenvalue weighted by atomic mass is 16.5. The molecule has 0 saturated carbocycles. The molecule has 1 heterocycles. The minimum Gasteiger partial charge on any atom is -0.484 e. The number of hydrogen-bond acceptors (Lipinski definition) is 5. The van der Waals surface area contributed by atoms with Crippen LogP contribution >= 0.6 is 0 Å². The summed E-state index contributed by atoms with van der Waals surface area (Å²) in [5.41, 5.74) is 0.485. The van der Waals surface area contributed by atoms with E-state index in [9.17, 15) is 14.4 Å². The first kappa shape index (κ1) is 18.1. The number of furan rings is 1. The fourth-order valence-electron chi connectivity index (χ4n) is 1.88. The van der Waals surface area contributed by atoms with E-state index in [-0.39, 0.29) is 18.3 Å². The van der Waals surface area contributed by atoms with Crippen LogP contribution in [0.25, 0.3) is 0 Å². The van der Waals surface area contributed by atoms with Crippen LogP contribution < -0.4 is 20.7 Å². The molecule has 25 heavy (non-hydrogen) atoms. The molecule has 0 aliphatic heterocycles. The van der Waals surface area contributed by atoms with Gasteiger partial charge in [-0.1, -0.05) is 6.07 Å². The molecule has 0 radical (unpaired) electrons. The molecule has 3 N–H and O–H groups in total. The summed E-state index contributed by atoms with van der Waals surface area (Å²) in [5, 5.41) is 7.65. The van der Waals surface area contributed by atoms with Crippen LogP contribution in [0.3, 0.4) is 0 Å². The normalized spacial score (nSPS) is 11.3. The summed E-state index contributed by atoms with van der Waals surface area (Å²) in [7, 11) is 1.51. The van der Waals surface area contributed by atoms with Crippen molar-refractivity contribution in [2.45, 2.75) is 13.0 Å². The molecule has 0 spiro atoms. The van der Waals surface area contributed by atoms with E-state index in [4.69, 9.17) is 9.15 Å². The van der Waals surface area contributed by atoms with Crippen LogP contribution in [0.15, 0.2) is 47.1 Å². The molecule has 3 amide bonds. The number of anilines is 1. The fraction of sp³-hybridized carbons (Fsp3) is 0.235. The molecule has 0 aliphatic carbocycles. The molecule has 1 aromatic heterocycles. The van der Waals surface area contributed by atoms with Crippen molar-refractivity contribution in [3.05, 3.63) is 48.4 Å². The van der Waals surface area contributed by atoms with E-state index in [2.05, 4.69) is 16.0 Å². The van der Waals surface area contributed by atoms with Crippen LogP contribution in [0.2, 0.25) is 0 Å². The molecular weight excluding hydrogens is 326 g/mol. The van der Waals surface area contributed by atoms with Crippen molar-refractivity contribution >= 4 is 23.4 Å². The van der Waals surface area contributed by atoms with Gasteiger partial charge in [0.1, 0.15) is 11.8 Å². The highest BCUT2D eigenvalue weighted by Gasteiger charge is 2.18. The summed E-state index contributed by atoms with van der Waals surface area (Å²) in [6.07, 6.45) is 1.38. The molecule has 0 fully saturated rings. The Morgan fingerprint density at radius 3 is 2.68 bits per heavy atom. The SMILES string of the molecule is CNC(=O)COc1cccc(NC(=O)C(C)NC(=O)c2ccco2)c1. The highest BCUT2D eigenvalue weighted by molar-refractivity contribution is 5.99. The van der Waals surface area contributed by atoms with Crippen molar-refractivity contribution < 1.29 is 23.5 Å². The van der Waals surface area contributed by atoms with Crippen LogP contribution in [0.1, 0.15) is 17.5 Å². The first-order valence-electron chi connectivity index (χ1n) is 7.58. The van der Waals surface area contributed by atoms with Gasteiger partial charge in [-0.3, -0.25) is 14.4 Å². The molecule has 1 unspecified atom stereocenters. The monoisotopic (exact) mass is 345 g/mol. The zero-order chi connectivity index (χ0) is 18.2. The van der Waals surface area contributed by atoms with Crippen LogP contribution in [-0.2, 0) is 9.59 Å². The molecule has 0 saturated heterocycles. The lowest BCUT2D eigenvalue weighted by Crippen LogP contribution is -2.41. The average Bonchev–Trinajstić information content (AvgIpc) is 3.14. The quantitative estimate of drug-likeness (QED) is 0.698. The van der Waals surface area contributed by atoms with Crippen molar-refractivity contribution in [3.8, 4) is 5.75 Å². The Morgan fingerprint density at radius 2 is 2.00 bits per heavy atom. The van der Waals surface area contributed by atoms with Crippen molar-refractivity contribution in [2.24, 2.45) is 0 Å². The summed E-state index contributed by atoms with van der Waals surface area (Å²) in [6.45, 7) is 1.44. The van der Waals surface area contributed by atoms with E-state index in [1.54, 1.807) is 37.3 Å². The Labute approximate surface area is 144 Å². The van der Waals surface area contributed by atoms with Gasteiger partial charge < -0.3 is 25.1 Å². The molecule has 2 aromatic rings. The lowest BCUT2D eigenvalue weighted by Gasteiger charge is -2.14. The van der Waals surface area contributed by atoms with Crippen molar-refractivity contribution in [1.82, 2.24) is 10.6 Å². The van der Waals surface area contributed by atoms with Gasteiger partial charge in [-0.05, 0) is 31.2 Å². The number of amides is 3. The molecule has 8 heteroatoms. The molecular formula is C17H19N3O5. The number of ether oxygens (including phenoxy) is 1. The Bertz CT molecular complexity index is 743. The minimum absolute atomic E-state index is 0.122. The Hall–Kier alpha value is -3.29. The first-order chi connectivity index (χ1) is 12.0. The van der Waals surface area contributed by atoms with Gasteiger partial charge in [-0.15, -0.1) is 0 Å². The summed E-state index contributed by atoms with van der Waals surface area (Å²) in [4.78, 5) is 35.2. The standard InChI is InChI=1S/C17H19N3O5/c1-11(19-17(23)14-7-4-8-24-14)16(22)20-12-5-3-6-13(9-12)25-10-15(21)18-2/h3-9,11H,10H2,1-2H3,(H,18,21)(H,19,23)(H,20,22). The zero-order valence-electron chi connectivity index (χ0n) is 13.9. The predicted octanol–water partition coefficient (Wildman–Crippen LogP) is 1.16. The maximum Gasteiger partial charge on any atom is 0.287 e. The van der Waals surface area contributed by atoms with Gasteiger partial charge in [0.2, 0.25) is 5.91 Å². The molecule has 1 aromatic carbocycles. The smallest absolute Gasteiger partial charge is 0.287 e. The number of hydrogen-bond donors (Lipinski definition) is 3. The van der Waals surface area contributed by atoms with Gasteiger partial charge >= 0.3 is 0 Å². The van der Waals surface area contributed by atoms with Gasteiger partial charge in [-0.2, -0.15) is 0 Å². The second-order valence-corrected chi connectivity index (χ2v) is 5.15. The number of carbonyl (C=O) groups excluding carboxylic acids is 3. The largest absolute Gasteiger partial charge is 0.484 e. The van der Waals surface area contributed by atoms with Crippen LogP contribution in [-0.4, -0.2) is 37.4 Å². The average molecular weight is 345 g/mol. The molecule has 0 aliphatic rings. The third kappa shape index (κ3) is 5.38. The Kier molecular flexibility index (Phi) is 6.16. The fourth-order valence-corrected chi connectivity index (χ4v) is 1.88. The molecule has 2 rings (SSSR count). The molecule has 132 valence electrons. The Morgan fingerprint density at radius 1 is 1.20 bits per heavy atom. The summed E-state index contributed by atoms with van der Waals surface area (Å²) < 4.78 is 10.3. The lowest BCUT2D eigenvalue weighted by atomic mass is 10.2. The minimum atomic E-state index is -0.770. The van der Waals surface area contributed by atoms with E-state index < -0.39 is 17.9 Å². The van der Waals surface area contributed by atoms with E-state index in [1.165, 1.54) is 19.4 Å². The van der Waals surface area contributed by atoms with Gasteiger partial charge in [0.25, 0.3) is 11.8 Å². The number of nitrogens with one attached hydrogen (secondary N) is 3. The second kappa shape index (κ2) is 8.53. The predicted molar refractivity (Wildman–Crippen MR) is 90.3 cm³/mol. The number of benzene rings is 1. The third-order valence-corrected chi connectivity index (χ3v) is 3.24. The van der Waals surface area contributed by atoms with Gasteiger partial charge in [-0.25, -0.2) is 0 Å². The van der Waals surface area contributed by atoms with Crippen molar-refractivity contribution in [2.75, 3.05) is 19.0 Å². The highest BCUT2D eigenvalue weighted by Crippen LogP contribution is 2.17. The van der Waals surface area contributed by atoms with Crippen LogP contribution in [0.4, 0.5) is 5.69 Å². The van der Waals surface area contributed by atoms with Crippen molar-refractivity contribution in [3.63, 3.8) is 0 Å². The van der Waals surface area contributed by atoms with E-state index >= 15 is 0 Å². The van der Waals surface area contributed by atoms with E-state index in [0.29, 0.717) is 11.4 Å². The van der Waals surface area contributed by atoms with Crippen LogP contribution in [0, 0.1) is 0 Å². The van der Waals surface area contributed by atoms with Crippen molar-refractivity contribution in [1.29, 1.82) is 0 Å². The van der Waals surface area contributed by atoms with Gasteiger partial charge in [0.05, 0.1) is 6.26 Å². The molecule has 8 nitrogen and oxygen atoms in total. The number of rotatable bonds is 7. The summed E-state index contributed by atoms with van der Waals surface area (Å²) in [6, 6.07) is 8.93. The maximum absolute atomic E-state index is 12.2. The zero-order valence-corrected chi connectivity index (χ0v) is 13.9. The summed E-state index contributed by atoms with van der Waals surface area (Å²) in [5.74, 6) is -0.569. The Balaban J connectivity index is 1.91. The maximum atomic E-state index is 12.2. The van der Waals surface area contributed by atoms with Gasteiger partial charge in [0, 0.05) is 18.8 Å². The molecule has 1 atom stereocenters. The topological polar surface area (TPSA) is 110 Å². The number of carbonyl (C=O) groups is 3. The van der Waals surface area contributed by atoms with Crippen LogP contribution in [0.5, 0.6) is 5.75 Å². The van der Waals surface area contributed by atoms with E-state index in [0.717, 1.165) is 0 Å². The van der Waals surface area contributed by atoms with E-state index in [1.807, 2.05) is 0 Å². The van der Waals surface area contributed by atoms with Gasteiger partial charge in [0.15, 0.2) is 12.4 Å². The lowest BCUT2D eigenvalue weighted by molar-refractivity contribution is -0.122. The third-order valence-electron chi connectivity index (χ3n) is 3.24. The second-order valence-electron chi connectivity index (χ2n) is 5.15. The number of likely N-dealkylation sites (N-methyl/N-ethyl adjacent to an activating group) is 1. The summed E-state index contributed by atoms with van der Waals surface area (Å²) >= 11 is 0. The first-order valence-corrected chi connectivity index (χ1v) is 7.58.